The lowest BCUT2D eigenvalue weighted by atomic mass is 9.69. The maximum atomic E-state index is 13.3. The van der Waals surface area contributed by atoms with Crippen molar-refractivity contribution >= 4 is 20.1 Å². The maximum absolute atomic E-state index is 13.3. The zero-order valence-corrected chi connectivity index (χ0v) is 19.5. The van der Waals surface area contributed by atoms with Gasteiger partial charge in [-0.05, 0) is 30.0 Å². The Balaban J connectivity index is 5.68. The van der Waals surface area contributed by atoms with Gasteiger partial charge in [0.15, 0.2) is 8.32 Å². The van der Waals surface area contributed by atoms with Crippen molar-refractivity contribution in [2.75, 3.05) is 0 Å². The van der Waals surface area contributed by atoms with Gasteiger partial charge in [-0.25, -0.2) is 0 Å². The summed E-state index contributed by atoms with van der Waals surface area (Å²) in [5.41, 5.74) is -0.728. The number of aliphatic carboxylic acids is 1. The Morgan fingerprint density at radius 1 is 1.12 bits per heavy atom. The molecule has 0 radical (unpaired) electrons. The van der Waals surface area contributed by atoms with Crippen molar-refractivity contribution in [3.05, 3.63) is 12.7 Å². The first-order valence-electron chi connectivity index (χ1n) is 9.55. The van der Waals surface area contributed by atoms with Crippen LogP contribution in [0.1, 0.15) is 61.8 Å². The standard InChI is InChI=1S/C21H40O4Si/c1-12-14(2)18(25-26(10,11)20(5,6)7)16(4)19(24)21(8,9)15(3)13-17(22)23/h12,14-16,18H,1,13H2,2-11H3,(H,22,23)/t14-,15-,16+,18-/m0/s1. The molecule has 0 aromatic rings. The van der Waals surface area contributed by atoms with Gasteiger partial charge in [0.1, 0.15) is 5.78 Å². The van der Waals surface area contributed by atoms with E-state index in [9.17, 15) is 9.59 Å². The Morgan fingerprint density at radius 2 is 1.58 bits per heavy atom. The molecule has 0 aromatic heterocycles. The minimum atomic E-state index is -2.06. The summed E-state index contributed by atoms with van der Waals surface area (Å²) in [6.07, 6.45) is 1.57. The average Bonchev–Trinajstić information content (AvgIpc) is 2.48. The summed E-state index contributed by atoms with van der Waals surface area (Å²) in [4.78, 5) is 24.4. The molecule has 0 heterocycles. The summed E-state index contributed by atoms with van der Waals surface area (Å²) < 4.78 is 6.62. The van der Waals surface area contributed by atoms with E-state index >= 15 is 0 Å². The highest BCUT2D eigenvalue weighted by Gasteiger charge is 2.45. The van der Waals surface area contributed by atoms with E-state index in [1.54, 1.807) is 0 Å². The van der Waals surface area contributed by atoms with Gasteiger partial charge in [-0.15, -0.1) is 6.58 Å². The van der Waals surface area contributed by atoms with Crippen LogP contribution in [-0.4, -0.2) is 31.3 Å². The number of Topliss-reactive ketones (excluding diaryl/α,β-unsaturated/α-hetero) is 1. The molecule has 0 aliphatic carbocycles. The van der Waals surface area contributed by atoms with Crippen LogP contribution in [0.3, 0.4) is 0 Å². The number of hydrogen-bond acceptors (Lipinski definition) is 3. The third-order valence-electron chi connectivity index (χ3n) is 6.38. The second kappa shape index (κ2) is 8.83. The van der Waals surface area contributed by atoms with Gasteiger partial charge >= 0.3 is 5.97 Å². The summed E-state index contributed by atoms with van der Waals surface area (Å²) >= 11 is 0. The van der Waals surface area contributed by atoms with E-state index in [0.29, 0.717) is 0 Å². The molecule has 0 saturated carbocycles. The molecule has 152 valence electrons. The molecule has 0 aromatic carbocycles. The molecule has 4 nitrogen and oxygen atoms in total. The summed E-state index contributed by atoms with van der Waals surface area (Å²) in [5, 5.41) is 9.14. The Labute approximate surface area is 161 Å². The Morgan fingerprint density at radius 3 is 1.92 bits per heavy atom. The van der Waals surface area contributed by atoms with Crippen molar-refractivity contribution in [3.63, 3.8) is 0 Å². The quantitative estimate of drug-likeness (QED) is 0.397. The first-order chi connectivity index (χ1) is 11.5. The average molecular weight is 385 g/mol. The summed E-state index contributed by atoms with van der Waals surface area (Å²) in [5.74, 6) is -1.36. The van der Waals surface area contributed by atoms with E-state index in [1.807, 2.05) is 40.7 Å². The number of rotatable bonds is 10. The van der Waals surface area contributed by atoms with Crippen molar-refractivity contribution in [3.8, 4) is 0 Å². The van der Waals surface area contributed by atoms with Crippen molar-refractivity contribution in [2.24, 2.45) is 23.2 Å². The van der Waals surface area contributed by atoms with Crippen LogP contribution in [0.4, 0.5) is 0 Å². The number of carbonyl (C=O) groups is 2. The predicted octanol–water partition coefficient (Wildman–Crippen LogP) is 5.54. The molecule has 0 spiro atoms. The molecule has 0 aliphatic rings. The summed E-state index contributed by atoms with van der Waals surface area (Å²) in [6, 6.07) is 0. The topological polar surface area (TPSA) is 63.6 Å². The molecule has 0 fully saturated rings. The molecule has 5 heteroatoms. The van der Waals surface area contributed by atoms with Crippen molar-refractivity contribution in [1.29, 1.82) is 0 Å². The zero-order valence-electron chi connectivity index (χ0n) is 18.5. The third kappa shape index (κ3) is 6.05. The second-order valence-electron chi connectivity index (χ2n) is 9.81. The fourth-order valence-corrected chi connectivity index (χ4v) is 4.26. The van der Waals surface area contributed by atoms with Crippen LogP contribution in [0.2, 0.25) is 18.1 Å². The van der Waals surface area contributed by atoms with Gasteiger partial charge in [0.25, 0.3) is 0 Å². The number of carboxylic acid groups (broad SMARTS) is 1. The zero-order chi connectivity index (χ0) is 21.1. The van der Waals surface area contributed by atoms with Crippen LogP contribution in [0.5, 0.6) is 0 Å². The van der Waals surface area contributed by atoms with E-state index in [2.05, 4.69) is 40.4 Å². The minimum absolute atomic E-state index is 0.0176. The lowest BCUT2D eigenvalue weighted by Crippen LogP contribution is -2.50. The predicted molar refractivity (Wildman–Crippen MR) is 111 cm³/mol. The van der Waals surface area contributed by atoms with E-state index < -0.39 is 19.7 Å². The normalized spacial score (nSPS) is 17.9. The van der Waals surface area contributed by atoms with Crippen molar-refractivity contribution in [1.82, 2.24) is 0 Å². The van der Waals surface area contributed by atoms with Gasteiger partial charge < -0.3 is 9.53 Å². The highest BCUT2D eigenvalue weighted by Crippen LogP contribution is 2.41. The molecular formula is C21H40O4Si. The van der Waals surface area contributed by atoms with Gasteiger partial charge in [0, 0.05) is 17.8 Å². The number of carboxylic acids is 1. The molecule has 0 rings (SSSR count). The highest BCUT2D eigenvalue weighted by atomic mass is 28.4. The molecule has 0 bridgehead atoms. The van der Waals surface area contributed by atoms with Crippen molar-refractivity contribution in [2.45, 2.75) is 86.0 Å². The van der Waals surface area contributed by atoms with Gasteiger partial charge in [0.2, 0.25) is 0 Å². The molecular weight excluding hydrogens is 344 g/mol. The van der Waals surface area contributed by atoms with E-state index in [0.717, 1.165) is 0 Å². The number of hydrogen-bond donors (Lipinski definition) is 1. The monoisotopic (exact) mass is 384 g/mol. The molecule has 4 atom stereocenters. The number of ketones is 1. The first-order valence-corrected chi connectivity index (χ1v) is 12.5. The Kier molecular flexibility index (Phi) is 8.51. The smallest absolute Gasteiger partial charge is 0.303 e. The Hall–Kier alpha value is -0.943. The largest absolute Gasteiger partial charge is 0.481 e. The van der Waals surface area contributed by atoms with Gasteiger partial charge in [-0.1, -0.05) is 61.5 Å². The highest BCUT2D eigenvalue weighted by molar-refractivity contribution is 6.74. The minimum Gasteiger partial charge on any atom is -0.481 e. The Bertz CT molecular complexity index is 517. The molecule has 0 saturated heterocycles. The fourth-order valence-electron chi connectivity index (χ4n) is 2.81. The molecule has 0 aliphatic heterocycles. The van der Waals surface area contributed by atoms with Crippen LogP contribution in [-0.2, 0) is 14.0 Å². The molecule has 0 unspecified atom stereocenters. The lowest BCUT2D eigenvalue weighted by Gasteiger charge is -2.43. The molecule has 1 N–H and O–H groups in total. The van der Waals surface area contributed by atoms with Gasteiger partial charge in [-0.3, -0.25) is 9.59 Å². The van der Waals surface area contributed by atoms with Crippen LogP contribution >= 0.6 is 0 Å². The lowest BCUT2D eigenvalue weighted by molar-refractivity contribution is -0.142. The van der Waals surface area contributed by atoms with Gasteiger partial charge in [-0.2, -0.15) is 0 Å². The molecule has 0 amide bonds. The van der Waals surface area contributed by atoms with E-state index in [-0.39, 0.29) is 41.1 Å². The summed E-state index contributed by atoms with van der Waals surface area (Å²) in [6.45, 7) is 24.3. The van der Waals surface area contributed by atoms with E-state index in [4.69, 9.17) is 9.53 Å². The fraction of sp³-hybridized carbons (Fsp3) is 0.810. The second-order valence-corrected chi connectivity index (χ2v) is 14.6. The maximum Gasteiger partial charge on any atom is 0.303 e. The summed E-state index contributed by atoms with van der Waals surface area (Å²) in [7, 11) is -2.06. The number of carbonyl (C=O) groups excluding carboxylic acids is 1. The third-order valence-corrected chi connectivity index (χ3v) is 10.9. The van der Waals surface area contributed by atoms with Crippen LogP contribution in [0, 0.1) is 23.2 Å². The van der Waals surface area contributed by atoms with E-state index in [1.165, 1.54) is 0 Å². The molecule has 26 heavy (non-hydrogen) atoms. The van der Waals surface area contributed by atoms with Gasteiger partial charge in [0.05, 0.1) is 6.10 Å². The van der Waals surface area contributed by atoms with Crippen LogP contribution < -0.4 is 0 Å². The SMILES string of the molecule is C=C[C@H](C)[C@H](O[Si](C)(C)C(C)(C)C)[C@@H](C)C(=O)C(C)(C)[C@@H](C)CC(=O)O. The van der Waals surface area contributed by atoms with Crippen molar-refractivity contribution < 1.29 is 19.1 Å². The van der Waals surface area contributed by atoms with Crippen LogP contribution in [0.25, 0.3) is 0 Å². The first kappa shape index (κ1) is 25.1. The van der Waals surface area contributed by atoms with Crippen LogP contribution in [0.15, 0.2) is 12.7 Å².